The summed E-state index contributed by atoms with van der Waals surface area (Å²) < 4.78 is 5.69. The minimum atomic E-state index is 0.682. The SMILES string of the molecule is CCOc1cc(C)ccc1NCc1cc(C)cc(C)c1. The van der Waals surface area contributed by atoms with E-state index in [2.05, 4.69) is 62.5 Å². The van der Waals surface area contributed by atoms with Crippen LogP contribution in [-0.4, -0.2) is 6.61 Å². The summed E-state index contributed by atoms with van der Waals surface area (Å²) in [7, 11) is 0. The Labute approximate surface area is 121 Å². The third-order valence-electron chi connectivity index (χ3n) is 3.20. The van der Waals surface area contributed by atoms with Gasteiger partial charge in [-0.1, -0.05) is 35.4 Å². The number of aryl methyl sites for hydroxylation is 3. The largest absolute Gasteiger partial charge is 0.492 e. The highest BCUT2D eigenvalue weighted by Crippen LogP contribution is 2.26. The van der Waals surface area contributed by atoms with Crippen molar-refractivity contribution in [3.05, 3.63) is 58.7 Å². The molecule has 0 amide bonds. The molecule has 0 aromatic heterocycles. The summed E-state index contributed by atoms with van der Waals surface area (Å²) in [5, 5.41) is 3.47. The average Bonchev–Trinajstić information content (AvgIpc) is 2.37. The fraction of sp³-hybridized carbons (Fsp3) is 0.333. The molecule has 106 valence electrons. The van der Waals surface area contributed by atoms with Crippen LogP contribution in [0.25, 0.3) is 0 Å². The topological polar surface area (TPSA) is 21.3 Å². The minimum Gasteiger partial charge on any atom is -0.492 e. The maximum Gasteiger partial charge on any atom is 0.142 e. The molecule has 2 rings (SSSR count). The Balaban J connectivity index is 2.13. The van der Waals surface area contributed by atoms with Crippen LogP contribution in [0.15, 0.2) is 36.4 Å². The number of ether oxygens (including phenoxy) is 1. The van der Waals surface area contributed by atoms with Gasteiger partial charge in [-0.3, -0.25) is 0 Å². The zero-order valence-corrected chi connectivity index (χ0v) is 12.8. The monoisotopic (exact) mass is 269 g/mol. The van der Waals surface area contributed by atoms with E-state index < -0.39 is 0 Å². The summed E-state index contributed by atoms with van der Waals surface area (Å²) in [6, 6.07) is 12.9. The van der Waals surface area contributed by atoms with E-state index in [1.807, 2.05) is 6.92 Å². The van der Waals surface area contributed by atoms with Gasteiger partial charge in [0, 0.05) is 6.54 Å². The number of benzene rings is 2. The first-order chi connectivity index (χ1) is 9.58. The summed E-state index contributed by atoms with van der Waals surface area (Å²) in [6.45, 7) is 9.85. The second-order valence-electron chi connectivity index (χ2n) is 5.28. The van der Waals surface area contributed by atoms with Crippen LogP contribution >= 0.6 is 0 Å². The van der Waals surface area contributed by atoms with E-state index in [1.54, 1.807) is 0 Å². The lowest BCUT2D eigenvalue weighted by molar-refractivity contribution is 0.341. The average molecular weight is 269 g/mol. The van der Waals surface area contributed by atoms with Gasteiger partial charge in [0.1, 0.15) is 5.75 Å². The van der Waals surface area contributed by atoms with Crippen molar-refractivity contribution in [1.82, 2.24) is 0 Å². The summed E-state index contributed by atoms with van der Waals surface area (Å²) in [5.41, 5.74) is 6.17. The molecule has 0 fully saturated rings. The van der Waals surface area contributed by atoms with Gasteiger partial charge >= 0.3 is 0 Å². The van der Waals surface area contributed by atoms with Gasteiger partial charge in [-0.25, -0.2) is 0 Å². The Morgan fingerprint density at radius 2 is 1.60 bits per heavy atom. The molecule has 0 spiro atoms. The molecule has 2 aromatic carbocycles. The van der Waals surface area contributed by atoms with Crippen LogP contribution in [-0.2, 0) is 6.54 Å². The van der Waals surface area contributed by atoms with Crippen LogP contribution < -0.4 is 10.1 Å². The van der Waals surface area contributed by atoms with Gasteiger partial charge in [0.2, 0.25) is 0 Å². The fourth-order valence-electron chi connectivity index (χ4n) is 2.42. The van der Waals surface area contributed by atoms with Crippen molar-refractivity contribution in [1.29, 1.82) is 0 Å². The normalized spacial score (nSPS) is 10.4. The van der Waals surface area contributed by atoms with E-state index in [9.17, 15) is 0 Å². The predicted octanol–water partition coefficient (Wildman–Crippen LogP) is 4.62. The molecule has 0 saturated carbocycles. The molecule has 0 aliphatic rings. The molecule has 2 nitrogen and oxygen atoms in total. The molecule has 2 heteroatoms. The van der Waals surface area contributed by atoms with Gasteiger partial charge in [-0.2, -0.15) is 0 Å². The van der Waals surface area contributed by atoms with Crippen LogP contribution in [0.1, 0.15) is 29.2 Å². The van der Waals surface area contributed by atoms with Crippen molar-refractivity contribution >= 4 is 5.69 Å². The Morgan fingerprint density at radius 3 is 2.25 bits per heavy atom. The van der Waals surface area contributed by atoms with Crippen molar-refractivity contribution in [2.24, 2.45) is 0 Å². The lowest BCUT2D eigenvalue weighted by Crippen LogP contribution is -2.03. The Hall–Kier alpha value is -1.96. The molecule has 0 atom stereocenters. The molecule has 0 bridgehead atoms. The number of hydrogen-bond acceptors (Lipinski definition) is 2. The zero-order chi connectivity index (χ0) is 14.5. The summed E-state index contributed by atoms with van der Waals surface area (Å²) in [4.78, 5) is 0. The van der Waals surface area contributed by atoms with E-state index in [0.717, 1.165) is 18.0 Å². The lowest BCUT2D eigenvalue weighted by atomic mass is 10.1. The van der Waals surface area contributed by atoms with Crippen LogP contribution in [0, 0.1) is 20.8 Å². The lowest BCUT2D eigenvalue weighted by Gasteiger charge is -2.14. The molecule has 1 N–H and O–H groups in total. The van der Waals surface area contributed by atoms with Crippen LogP contribution in [0.4, 0.5) is 5.69 Å². The predicted molar refractivity (Wildman–Crippen MR) is 85.6 cm³/mol. The summed E-state index contributed by atoms with van der Waals surface area (Å²) >= 11 is 0. The van der Waals surface area contributed by atoms with E-state index in [4.69, 9.17) is 4.74 Å². The highest BCUT2D eigenvalue weighted by atomic mass is 16.5. The fourth-order valence-corrected chi connectivity index (χ4v) is 2.42. The summed E-state index contributed by atoms with van der Waals surface area (Å²) in [6.07, 6.45) is 0. The maximum atomic E-state index is 5.69. The number of rotatable bonds is 5. The second kappa shape index (κ2) is 6.47. The summed E-state index contributed by atoms with van der Waals surface area (Å²) in [5.74, 6) is 0.928. The first-order valence-corrected chi connectivity index (χ1v) is 7.13. The molecule has 0 radical (unpaired) electrons. The molecule has 20 heavy (non-hydrogen) atoms. The quantitative estimate of drug-likeness (QED) is 0.855. The molecule has 0 unspecified atom stereocenters. The Morgan fingerprint density at radius 1 is 0.900 bits per heavy atom. The van der Waals surface area contributed by atoms with E-state index in [1.165, 1.54) is 22.3 Å². The van der Waals surface area contributed by atoms with Crippen molar-refractivity contribution in [3.63, 3.8) is 0 Å². The molecular weight excluding hydrogens is 246 g/mol. The standard InChI is InChI=1S/C18H23NO/c1-5-20-18-11-13(2)6-7-17(18)19-12-16-9-14(3)8-15(4)10-16/h6-11,19H,5,12H2,1-4H3. The molecular formula is C18H23NO. The smallest absolute Gasteiger partial charge is 0.142 e. The van der Waals surface area contributed by atoms with Crippen LogP contribution in [0.5, 0.6) is 5.75 Å². The minimum absolute atomic E-state index is 0.682. The van der Waals surface area contributed by atoms with E-state index in [0.29, 0.717) is 6.61 Å². The van der Waals surface area contributed by atoms with E-state index >= 15 is 0 Å². The number of anilines is 1. The second-order valence-corrected chi connectivity index (χ2v) is 5.28. The number of hydrogen-bond donors (Lipinski definition) is 1. The van der Waals surface area contributed by atoms with Gasteiger partial charge in [-0.05, 0) is 51.0 Å². The van der Waals surface area contributed by atoms with Crippen molar-refractivity contribution in [2.75, 3.05) is 11.9 Å². The van der Waals surface area contributed by atoms with Gasteiger partial charge in [0.05, 0.1) is 12.3 Å². The van der Waals surface area contributed by atoms with Crippen molar-refractivity contribution in [2.45, 2.75) is 34.2 Å². The van der Waals surface area contributed by atoms with E-state index in [-0.39, 0.29) is 0 Å². The third kappa shape index (κ3) is 3.77. The number of nitrogens with one attached hydrogen (secondary N) is 1. The van der Waals surface area contributed by atoms with Gasteiger partial charge < -0.3 is 10.1 Å². The zero-order valence-electron chi connectivity index (χ0n) is 12.8. The molecule has 0 saturated heterocycles. The van der Waals surface area contributed by atoms with Gasteiger partial charge in [-0.15, -0.1) is 0 Å². The van der Waals surface area contributed by atoms with Crippen LogP contribution in [0.2, 0.25) is 0 Å². The van der Waals surface area contributed by atoms with Crippen molar-refractivity contribution < 1.29 is 4.74 Å². The Bertz CT molecular complexity index is 570. The highest BCUT2D eigenvalue weighted by molar-refractivity contribution is 5.58. The molecule has 0 heterocycles. The third-order valence-corrected chi connectivity index (χ3v) is 3.20. The molecule has 0 aliphatic carbocycles. The highest BCUT2D eigenvalue weighted by Gasteiger charge is 2.04. The van der Waals surface area contributed by atoms with Crippen molar-refractivity contribution in [3.8, 4) is 5.75 Å². The first-order valence-electron chi connectivity index (χ1n) is 7.13. The maximum absolute atomic E-state index is 5.69. The van der Waals surface area contributed by atoms with Crippen LogP contribution in [0.3, 0.4) is 0 Å². The molecule has 2 aromatic rings. The van der Waals surface area contributed by atoms with Gasteiger partial charge in [0.15, 0.2) is 0 Å². The Kier molecular flexibility index (Phi) is 4.67. The molecule has 0 aliphatic heterocycles. The first kappa shape index (κ1) is 14.4. The van der Waals surface area contributed by atoms with Gasteiger partial charge in [0.25, 0.3) is 0 Å².